The number of aryl methyl sites for hydroxylation is 1. The normalized spacial score (nSPS) is 10.6. The summed E-state index contributed by atoms with van der Waals surface area (Å²) in [5, 5.41) is 0. The molecule has 6 nitrogen and oxygen atoms in total. The molecule has 0 bridgehead atoms. The van der Waals surface area contributed by atoms with Crippen molar-refractivity contribution in [2.45, 2.75) is 13.3 Å². The lowest BCUT2D eigenvalue weighted by Gasteiger charge is -2.09. The molecule has 1 aromatic heterocycles. The standard InChI is InChI=1S/C11H17NO4S.H3N/c1-4-16-11-10(15-2)6-5-9(12-11)7-8-17(3,13)14;/h5-6H,4,7-8H2,1-3H3;1H3. The Morgan fingerprint density at radius 3 is 2.50 bits per heavy atom. The number of aromatic nitrogens is 1. The number of hydrogen-bond donors (Lipinski definition) is 1. The minimum absolute atomic E-state index is 0. The lowest BCUT2D eigenvalue weighted by atomic mass is 10.3. The Bertz CT molecular complexity index is 474. The third-order valence-corrected chi connectivity index (χ3v) is 3.06. The average Bonchev–Trinajstić information content (AvgIpc) is 2.26. The molecule has 3 N–H and O–H groups in total. The molecule has 0 saturated heterocycles. The summed E-state index contributed by atoms with van der Waals surface area (Å²) in [4.78, 5) is 4.22. The van der Waals surface area contributed by atoms with Crippen LogP contribution in [0.25, 0.3) is 0 Å². The SMILES string of the molecule is CCOc1nc(CCS(C)(=O)=O)ccc1OC.N. The van der Waals surface area contributed by atoms with E-state index in [4.69, 9.17) is 9.47 Å². The van der Waals surface area contributed by atoms with Gasteiger partial charge < -0.3 is 15.6 Å². The fourth-order valence-corrected chi connectivity index (χ4v) is 1.87. The summed E-state index contributed by atoms with van der Waals surface area (Å²) in [6.07, 6.45) is 1.59. The van der Waals surface area contributed by atoms with Crippen molar-refractivity contribution in [3.63, 3.8) is 0 Å². The van der Waals surface area contributed by atoms with E-state index < -0.39 is 9.84 Å². The molecular formula is C11H20N2O4S. The number of methoxy groups -OCH3 is 1. The van der Waals surface area contributed by atoms with Crippen LogP contribution in [0.2, 0.25) is 0 Å². The van der Waals surface area contributed by atoms with Gasteiger partial charge in [-0.3, -0.25) is 0 Å². The van der Waals surface area contributed by atoms with Crippen molar-refractivity contribution < 1.29 is 17.9 Å². The van der Waals surface area contributed by atoms with E-state index in [-0.39, 0.29) is 11.9 Å². The second-order valence-electron chi connectivity index (χ2n) is 3.62. The van der Waals surface area contributed by atoms with E-state index in [0.717, 1.165) is 0 Å². The molecule has 0 spiro atoms. The van der Waals surface area contributed by atoms with Gasteiger partial charge in [0.05, 0.1) is 19.5 Å². The Hall–Kier alpha value is -1.34. The van der Waals surface area contributed by atoms with Gasteiger partial charge in [-0.2, -0.15) is 0 Å². The van der Waals surface area contributed by atoms with Crippen LogP contribution in [0.15, 0.2) is 12.1 Å². The topological polar surface area (TPSA) is 100 Å². The molecule has 0 aliphatic carbocycles. The van der Waals surface area contributed by atoms with Crippen LogP contribution in [0.4, 0.5) is 0 Å². The Kier molecular flexibility index (Phi) is 6.64. The molecule has 104 valence electrons. The third-order valence-electron chi connectivity index (χ3n) is 2.11. The predicted octanol–water partition coefficient (Wildman–Crippen LogP) is 1.24. The minimum Gasteiger partial charge on any atom is -0.491 e. The zero-order valence-corrected chi connectivity index (χ0v) is 11.8. The molecule has 1 heterocycles. The molecule has 0 amide bonds. The first-order chi connectivity index (χ1) is 7.96. The average molecular weight is 276 g/mol. The van der Waals surface area contributed by atoms with E-state index >= 15 is 0 Å². The fourth-order valence-electron chi connectivity index (χ4n) is 1.29. The van der Waals surface area contributed by atoms with E-state index in [1.807, 2.05) is 6.92 Å². The van der Waals surface area contributed by atoms with Crippen LogP contribution in [0, 0.1) is 0 Å². The Morgan fingerprint density at radius 1 is 1.33 bits per heavy atom. The highest BCUT2D eigenvalue weighted by molar-refractivity contribution is 7.90. The van der Waals surface area contributed by atoms with Gasteiger partial charge in [0.25, 0.3) is 5.88 Å². The molecule has 0 atom stereocenters. The summed E-state index contributed by atoms with van der Waals surface area (Å²) in [5.41, 5.74) is 0.680. The van der Waals surface area contributed by atoms with Crippen molar-refractivity contribution in [3.05, 3.63) is 17.8 Å². The molecule has 1 rings (SSSR count). The quantitative estimate of drug-likeness (QED) is 0.838. The lowest BCUT2D eigenvalue weighted by Crippen LogP contribution is -2.08. The molecule has 18 heavy (non-hydrogen) atoms. The lowest BCUT2D eigenvalue weighted by molar-refractivity contribution is 0.297. The van der Waals surface area contributed by atoms with Crippen LogP contribution in [0.3, 0.4) is 0 Å². The largest absolute Gasteiger partial charge is 0.491 e. The van der Waals surface area contributed by atoms with E-state index in [2.05, 4.69) is 4.98 Å². The number of ether oxygens (including phenoxy) is 2. The van der Waals surface area contributed by atoms with Gasteiger partial charge in [0.15, 0.2) is 5.75 Å². The second-order valence-corrected chi connectivity index (χ2v) is 5.88. The summed E-state index contributed by atoms with van der Waals surface area (Å²) in [6, 6.07) is 3.47. The van der Waals surface area contributed by atoms with Crippen LogP contribution in [0.1, 0.15) is 12.6 Å². The molecule has 0 aromatic carbocycles. The number of sulfone groups is 1. The number of hydrogen-bond acceptors (Lipinski definition) is 6. The molecule has 0 radical (unpaired) electrons. The molecule has 0 aliphatic heterocycles. The summed E-state index contributed by atoms with van der Waals surface area (Å²) < 4.78 is 32.5. The van der Waals surface area contributed by atoms with Crippen LogP contribution in [0.5, 0.6) is 11.6 Å². The Morgan fingerprint density at radius 2 is 2.00 bits per heavy atom. The summed E-state index contributed by atoms with van der Waals surface area (Å²) in [5.74, 6) is 1.04. The first kappa shape index (κ1) is 16.7. The molecule has 0 fully saturated rings. The van der Waals surface area contributed by atoms with Gasteiger partial charge in [0.1, 0.15) is 9.84 Å². The summed E-state index contributed by atoms with van der Waals surface area (Å²) in [7, 11) is -1.44. The van der Waals surface area contributed by atoms with Crippen molar-refractivity contribution in [2.24, 2.45) is 0 Å². The number of pyridine rings is 1. The van der Waals surface area contributed by atoms with Crippen LogP contribution >= 0.6 is 0 Å². The van der Waals surface area contributed by atoms with Gasteiger partial charge in [0, 0.05) is 18.4 Å². The maximum absolute atomic E-state index is 11.1. The van der Waals surface area contributed by atoms with Crippen LogP contribution in [-0.2, 0) is 16.3 Å². The van der Waals surface area contributed by atoms with Gasteiger partial charge in [-0.15, -0.1) is 0 Å². The first-order valence-corrected chi connectivity index (χ1v) is 7.36. The Labute approximate surface area is 108 Å². The second kappa shape index (κ2) is 7.17. The van der Waals surface area contributed by atoms with E-state index in [1.165, 1.54) is 13.4 Å². The first-order valence-electron chi connectivity index (χ1n) is 5.30. The van der Waals surface area contributed by atoms with E-state index in [1.54, 1.807) is 12.1 Å². The fraction of sp³-hybridized carbons (Fsp3) is 0.545. The highest BCUT2D eigenvalue weighted by Gasteiger charge is 2.09. The van der Waals surface area contributed by atoms with Crippen LogP contribution in [-0.4, -0.2) is 39.1 Å². The zero-order valence-electron chi connectivity index (χ0n) is 11.0. The molecule has 1 aromatic rings. The summed E-state index contributed by atoms with van der Waals surface area (Å²) in [6.45, 7) is 2.34. The highest BCUT2D eigenvalue weighted by atomic mass is 32.2. The molecule has 0 aliphatic rings. The maximum atomic E-state index is 11.1. The van der Waals surface area contributed by atoms with E-state index in [9.17, 15) is 8.42 Å². The highest BCUT2D eigenvalue weighted by Crippen LogP contribution is 2.24. The van der Waals surface area contributed by atoms with Gasteiger partial charge in [-0.25, -0.2) is 13.4 Å². The van der Waals surface area contributed by atoms with Crippen molar-refractivity contribution >= 4 is 9.84 Å². The number of rotatable bonds is 6. The maximum Gasteiger partial charge on any atom is 0.257 e. The van der Waals surface area contributed by atoms with E-state index in [0.29, 0.717) is 30.4 Å². The van der Waals surface area contributed by atoms with Crippen molar-refractivity contribution in [2.75, 3.05) is 25.7 Å². The number of nitrogens with zero attached hydrogens (tertiary/aromatic N) is 1. The van der Waals surface area contributed by atoms with Gasteiger partial charge in [-0.1, -0.05) is 0 Å². The monoisotopic (exact) mass is 276 g/mol. The van der Waals surface area contributed by atoms with Crippen molar-refractivity contribution in [3.8, 4) is 11.6 Å². The molecule has 0 unspecified atom stereocenters. The van der Waals surface area contributed by atoms with Crippen molar-refractivity contribution in [1.82, 2.24) is 11.1 Å². The van der Waals surface area contributed by atoms with Crippen LogP contribution < -0.4 is 15.6 Å². The minimum atomic E-state index is -2.98. The zero-order chi connectivity index (χ0) is 12.9. The molecular weight excluding hydrogens is 256 g/mol. The van der Waals surface area contributed by atoms with Gasteiger partial charge in [-0.05, 0) is 19.1 Å². The third kappa shape index (κ3) is 5.33. The van der Waals surface area contributed by atoms with Crippen molar-refractivity contribution in [1.29, 1.82) is 0 Å². The Balaban J connectivity index is 0.00000289. The molecule has 7 heteroatoms. The smallest absolute Gasteiger partial charge is 0.257 e. The molecule has 0 saturated carbocycles. The van der Waals surface area contributed by atoms with Gasteiger partial charge in [0.2, 0.25) is 0 Å². The predicted molar refractivity (Wildman–Crippen MR) is 70.4 cm³/mol. The van der Waals surface area contributed by atoms with Gasteiger partial charge >= 0.3 is 0 Å². The summed E-state index contributed by atoms with van der Waals surface area (Å²) >= 11 is 0.